The van der Waals surface area contributed by atoms with Crippen LogP contribution in [-0.4, -0.2) is 29.9 Å². The molecule has 0 saturated carbocycles. The number of piperidine rings is 1. The van der Waals surface area contributed by atoms with Crippen molar-refractivity contribution in [3.63, 3.8) is 0 Å². The van der Waals surface area contributed by atoms with Crippen LogP contribution in [0, 0.1) is 0 Å². The first kappa shape index (κ1) is 7.54. The lowest BCUT2D eigenvalue weighted by Gasteiger charge is -2.29. The molecule has 0 radical (unpaired) electrons. The molecule has 0 aromatic heterocycles. The van der Waals surface area contributed by atoms with Gasteiger partial charge in [-0.2, -0.15) is 0 Å². The Bertz CT molecular complexity index is 136. The zero-order valence-corrected chi connectivity index (χ0v) is 6.34. The van der Waals surface area contributed by atoms with Gasteiger partial charge < -0.3 is 10.6 Å². The maximum absolute atomic E-state index is 10.8. The first-order chi connectivity index (χ1) is 4.70. The lowest BCUT2D eigenvalue weighted by Crippen LogP contribution is -2.44. The molecule has 1 atom stereocenters. The Morgan fingerprint density at radius 1 is 1.70 bits per heavy atom. The van der Waals surface area contributed by atoms with E-state index in [1.54, 1.807) is 6.92 Å². The quantitative estimate of drug-likeness (QED) is 0.515. The molecule has 3 heteroatoms. The Hall–Kier alpha value is -0.570. The van der Waals surface area contributed by atoms with Gasteiger partial charge in [-0.15, -0.1) is 0 Å². The highest BCUT2D eigenvalue weighted by Crippen LogP contribution is 2.07. The Morgan fingerprint density at radius 2 is 2.40 bits per heavy atom. The predicted molar refractivity (Wildman–Crippen MR) is 39.5 cm³/mol. The fourth-order valence-electron chi connectivity index (χ4n) is 1.30. The summed E-state index contributed by atoms with van der Waals surface area (Å²) in [5.74, 6) is 0.148. The molecule has 3 nitrogen and oxygen atoms in total. The highest BCUT2D eigenvalue weighted by atomic mass is 16.2. The Balaban J connectivity index is 2.39. The average Bonchev–Trinajstić information content (AvgIpc) is 1.88. The minimum Gasteiger partial charge on any atom is -0.341 e. The number of amides is 1. The standard InChI is InChI=1S/C7H14N2O/c1-6(10)9-4-2-3-7(8)5-9/h7H,2-5,8H2,1H3/t7-/m0/s1. The van der Waals surface area contributed by atoms with E-state index in [9.17, 15) is 4.79 Å². The molecule has 1 saturated heterocycles. The highest BCUT2D eigenvalue weighted by Gasteiger charge is 2.17. The molecule has 0 spiro atoms. The SMILES string of the molecule is CC(=O)N1CCC[C@H](N)C1. The molecular weight excluding hydrogens is 128 g/mol. The van der Waals surface area contributed by atoms with Crippen molar-refractivity contribution in [3.8, 4) is 0 Å². The first-order valence-electron chi connectivity index (χ1n) is 3.71. The van der Waals surface area contributed by atoms with Gasteiger partial charge in [0.25, 0.3) is 0 Å². The largest absolute Gasteiger partial charge is 0.341 e. The second kappa shape index (κ2) is 3.01. The predicted octanol–water partition coefficient (Wildman–Crippen LogP) is -0.0440. The summed E-state index contributed by atoms with van der Waals surface area (Å²) < 4.78 is 0. The van der Waals surface area contributed by atoms with Gasteiger partial charge in [0, 0.05) is 26.1 Å². The molecule has 0 aromatic carbocycles. The maximum atomic E-state index is 10.8. The van der Waals surface area contributed by atoms with Crippen molar-refractivity contribution >= 4 is 5.91 Å². The van der Waals surface area contributed by atoms with Crippen molar-refractivity contribution in [2.45, 2.75) is 25.8 Å². The van der Waals surface area contributed by atoms with Crippen molar-refractivity contribution in [2.24, 2.45) is 5.73 Å². The van der Waals surface area contributed by atoms with Crippen LogP contribution in [-0.2, 0) is 4.79 Å². The van der Waals surface area contributed by atoms with Gasteiger partial charge in [-0.05, 0) is 12.8 Å². The zero-order chi connectivity index (χ0) is 7.56. The molecule has 1 amide bonds. The molecule has 1 aliphatic rings. The summed E-state index contributed by atoms with van der Waals surface area (Å²) in [6, 6.07) is 0.206. The van der Waals surface area contributed by atoms with Crippen LogP contribution < -0.4 is 5.73 Å². The third-order valence-corrected chi connectivity index (χ3v) is 1.90. The highest BCUT2D eigenvalue weighted by molar-refractivity contribution is 5.73. The van der Waals surface area contributed by atoms with Gasteiger partial charge in [0.05, 0.1) is 0 Å². The summed E-state index contributed by atoms with van der Waals surface area (Å²) in [5.41, 5.74) is 5.67. The zero-order valence-electron chi connectivity index (χ0n) is 6.34. The minimum atomic E-state index is 0.148. The van der Waals surface area contributed by atoms with Crippen LogP contribution in [0.1, 0.15) is 19.8 Å². The molecule has 0 bridgehead atoms. The van der Waals surface area contributed by atoms with Crippen molar-refractivity contribution in [1.82, 2.24) is 4.90 Å². The molecule has 1 aliphatic heterocycles. The van der Waals surface area contributed by atoms with E-state index in [1.807, 2.05) is 4.90 Å². The summed E-state index contributed by atoms with van der Waals surface area (Å²) in [4.78, 5) is 12.6. The van der Waals surface area contributed by atoms with Gasteiger partial charge in [0.2, 0.25) is 5.91 Å². The molecular formula is C7H14N2O. The summed E-state index contributed by atoms with van der Waals surface area (Å²) in [6.07, 6.45) is 2.12. The molecule has 58 valence electrons. The summed E-state index contributed by atoms with van der Waals surface area (Å²) in [5, 5.41) is 0. The van der Waals surface area contributed by atoms with Gasteiger partial charge in [-0.3, -0.25) is 4.79 Å². The Morgan fingerprint density at radius 3 is 2.80 bits per heavy atom. The smallest absolute Gasteiger partial charge is 0.219 e. The molecule has 0 aromatic rings. The molecule has 1 fully saturated rings. The number of hydrogen-bond acceptors (Lipinski definition) is 2. The Kier molecular flexibility index (Phi) is 2.27. The fourth-order valence-corrected chi connectivity index (χ4v) is 1.30. The van der Waals surface area contributed by atoms with E-state index in [1.165, 1.54) is 0 Å². The van der Waals surface area contributed by atoms with Crippen molar-refractivity contribution in [1.29, 1.82) is 0 Å². The van der Waals surface area contributed by atoms with Crippen molar-refractivity contribution in [3.05, 3.63) is 0 Å². The number of nitrogens with zero attached hydrogens (tertiary/aromatic N) is 1. The average molecular weight is 142 g/mol. The summed E-state index contributed by atoms with van der Waals surface area (Å²) >= 11 is 0. The minimum absolute atomic E-state index is 0.148. The number of hydrogen-bond donors (Lipinski definition) is 1. The number of carbonyl (C=O) groups excluding carboxylic acids is 1. The van der Waals surface area contributed by atoms with E-state index in [4.69, 9.17) is 5.73 Å². The normalized spacial score (nSPS) is 26.6. The van der Waals surface area contributed by atoms with Crippen LogP contribution in [0.25, 0.3) is 0 Å². The molecule has 0 unspecified atom stereocenters. The van der Waals surface area contributed by atoms with E-state index in [0.717, 1.165) is 25.9 Å². The molecule has 2 N–H and O–H groups in total. The van der Waals surface area contributed by atoms with E-state index in [-0.39, 0.29) is 11.9 Å². The second-order valence-corrected chi connectivity index (χ2v) is 2.87. The molecule has 1 rings (SSSR count). The van der Waals surface area contributed by atoms with E-state index >= 15 is 0 Å². The van der Waals surface area contributed by atoms with Crippen LogP contribution >= 0.6 is 0 Å². The number of nitrogens with two attached hydrogens (primary N) is 1. The van der Waals surface area contributed by atoms with Crippen LogP contribution in [0.15, 0.2) is 0 Å². The third-order valence-electron chi connectivity index (χ3n) is 1.90. The third kappa shape index (κ3) is 1.70. The van der Waals surface area contributed by atoms with Crippen molar-refractivity contribution in [2.75, 3.05) is 13.1 Å². The lowest BCUT2D eigenvalue weighted by molar-refractivity contribution is -0.129. The van der Waals surface area contributed by atoms with E-state index in [0.29, 0.717) is 0 Å². The lowest BCUT2D eigenvalue weighted by atomic mass is 10.1. The summed E-state index contributed by atoms with van der Waals surface area (Å²) in [6.45, 7) is 3.23. The first-order valence-corrected chi connectivity index (χ1v) is 3.71. The molecule has 1 heterocycles. The van der Waals surface area contributed by atoms with Crippen molar-refractivity contribution < 1.29 is 4.79 Å². The molecule has 10 heavy (non-hydrogen) atoms. The topological polar surface area (TPSA) is 46.3 Å². The van der Waals surface area contributed by atoms with Crippen LogP contribution in [0.3, 0.4) is 0 Å². The van der Waals surface area contributed by atoms with Gasteiger partial charge in [0.15, 0.2) is 0 Å². The number of carbonyl (C=O) groups is 1. The summed E-state index contributed by atoms with van der Waals surface area (Å²) in [7, 11) is 0. The van der Waals surface area contributed by atoms with Gasteiger partial charge in [0.1, 0.15) is 0 Å². The van der Waals surface area contributed by atoms with Gasteiger partial charge >= 0.3 is 0 Å². The van der Waals surface area contributed by atoms with E-state index < -0.39 is 0 Å². The van der Waals surface area contributed by atoms with Crippen LogP contribution in [0.2, 0.25) is 0 Å². The van der Waals surface area contributed by atoms with E-state index in [2.05, 4.69) is 0 Å². The monoisotopic (exact) mass is 142 g/mol. The Labute approximate surface area is 61.2 Å². The van der Waals surface area contributed by atoms with Crippen LogP contribution in [0.4, 0.5) is 0 Å². The molecule has 0 aliphatic carbocycles. The van der Waals surface area contributed by atoms with Gasteiger partial charge in [-0.1, -0.05) is 0 Å². The maximum Gasteiger partial charge on any atom is 0.219 e. The van der Waals surface area contributed by atoms with Crippen LogP contribution in [0.5, 0.6) is 0 Å². The number of likely N-dealkylation sites (tertiary alicyclic amines) is 1. The second-order valence-electron chi connectivity index (χ2n) is 2.87. The fraction of sp³-hybridized carbons (Fsp3) is 0.857. The van der Waals surface area contributed by atoms with Gasteiger partial charge in [-0.25, -0.2) is 0 Å². The number of rotatable bonds is 0.